The van der Waals surface area contributed by atoms with Crippen LogP contribution in [0.5, 0.6) is 0 Å². The quantitative estimate of drug-likeness (QED) is 0.711. The lowest BCUT2D eigenvalue weighted by atomic mass is 9.88. The van der Waals surface area contributed by atoms with E-state index in [1.54, 1.807) is 7.11 Å². The third kappa shape index (κ3) is 6.02. The summed E-state index contributed by atoms with van der Waals surface area (Å²) in [6, 6.07) is 0.0757. The SMILES string of the molecule is COCC(C)OCC(N)C(C)(C)C. The summed E-state index contributed by atoms with van der Waals surface area (Å²) < 4.78 is 10.5. The molecule has 3 heteroatoms. The number of hydrogen-bond acceptors (Lipinski definition) is 3. The molecule has 0 heterocycles. The van der Waals surface area contributed by atoms with E-state index in [0.717, 1.165) is 0 Å². The lowest BCUT2D eigenvalue weighted by Crippen LogP contribution is -2.40. The molecule has 0 aliphatic heterocycles. The van der Waals surface area contributed by atoms with Crippen LogP contribution in [0.15, 0.2) is 0 Å². The van der Waals surface area contributed by atoms with E-state index < -0.39 is 0 Å². The molecule has 2 atom stereocenters. The molecule has 0 aromatic heterocycles. The van der Waals surface area contributed by atoms with Crippen LogP contribution in [0.3, 0.4) is 0 Å². The number of rotatable bonds is 5. The first-order valence-electron chi connectivity index (χ1n) is 4.74. The molecular weight excluding hydrogens is 166 g/mol. The highest BCUT2D eigenvalue weighted by Gasteiger charge is 2.21. The maximum Gasteiger partial charge on any atom is 0.0781 e. The van der Waals surface area contributed by atoms with E-state index in [1.165, 1.54) is 0 Å². The first-order valence-corrected chi connectivity index (χ1v) is 4.74. The first-order chi connectivity index (χ1) is 5.88. The molecule has 0 spiro atoms. The fraction of sp³-hybridized carbons (Fsp3) is 1.00. The second-order valence-electron chi connectivity index (χ2n) is 4.57. The Bertz CT molecular complexity index is 131. The van der Waals surface area contributed by atoms with Crippen molar-refractivity contribution in [3.63, 3.8) is 0 Å². The Balaban J connectivity index is 3.63. The van der Waals surface area contributed by atoms with Gasteiger partial charge in [0.2, 0.25) is 0 Å². The van der Waals surface area contributed by atoms with Gasteiger partial charge in [0.05, 0.1) is 19.3 Å². The van der Waals surface area contributed by atoms with Gasteiger partial charge in [0.15, 0.2) is 0 Å². The minimum absolute atomic E-state index is 0.0757. The zero-order chi connectivity index (χ0) is 10.5. The van der Waals surface area contributed by atoms with Crippen molar-refractivity contribution < 1.29 is 9.47 Å². The summed E-state index contributed by atoms with van der Waals surface area (Å²) in [5, 5.41) is 0. The van der Waals surface area contributed by atoms with Gasteiger partial charge in [-0.3, -0.25) is 0 Å². The second-order valence-corrected chi connectivity index (χ2v) is 4.57. The van der Waals surface area contributed by atoms with Crippen molar-refractivity contribution >= 4 is 0 Å². The summed E-state index contributed by atoms with van der Waals surface area (Å²) in [5.41, 5.74) is 6.03. The zero-order valence-corrected chi connectivity index (χ0v) is 9.46. The van der Waals surface area contributed by atoms with Gasteiger partial charge in [-0.15, -0.1) is 0 Å². The van der Waals surface area contributed by atoms with Gasteiger partial charge in [0.1, 0.15) is 0 Å². The third-order valence-corrected chi connectivity index (χ3v) is 2.07. The van der Waals surface area contributed by atoms with E-state index in [9.17, 15) is 0 Å². The van der Waals surface area contributed by atoms with Gasteiger partial charge < -0.3 is 15.2 Å². The molecule has 2 unspecified atom stereocenters. The summed E-state index contributed by atoms with van der Waals surface area (Å²) >= 11 is 0. The molecule has 2 N–H and O–H groups in total. The van der Waals surface area contributed by atoms with Crippen molar-refractivity contribution in [3.05, 3.63) is 0 Å². The van der Waals surface area contributed by atoms with Gasteiger partial charge in [0, 0.05) is 13.2 Å². The molecule has 80 valence electrons. The Morgan fingerprint density at radius 1 is 1.23 bits per heavy atom. The van der Waals surface area contributed by atoms with E-state index in [4.69, 9.17) is 15.2 Å². The van der Waals surface area contributed by atoms with Crippen LogP contribution >= 0.6 is 0 Å². The molecular formula is C10H23NO2. The lowest BCUT2D eigenvalue weighted by molar-refractivity contribution is -0.00756. The highest BCUT2D eigenvalue weighted by Crippen LogP contribution is 2.17. The lowest BCUT2D eigenvalue weighted by Gasteiger charge is -2.27. The number of hydrogen-bond donors (Lipinski definition) is 1. The third-order valence-electron chi connectivity index (χ3n) is 2.07. The van der Waals surface area contributed by atoms with Crippen LogP contribution in [0.2, 0.25) is 0 Å². The average Bonchev–Trinajstić information content (AvgIpc) is 1.99. The number of nitrogens with two attached hydrogens (primary N) is 1. The molecule has 0 fully saturated rings. The average molecular weight is 189 g/mol. The topological polar surface area (TPSA) is 44.5 Å². The van der Waals surface area contributed by atoms with Crippen LogP contribution < -0.4 is 5.73 Å². The smallest absolute Gasteiger partial charge is 0.0781 e. The van der Waals surface area contributed by atoms with Crippen molar-refractivity contribution in [1.82, 2.24) is 0 Å². The molecule has 3 nitrogen and oxygen atoms in total. The van der Waals surface area contributed by atoms with Crippen LogP contribution in [0, 0.1) is 5.41 Å². The normalized spacial score (nSPS) is 17.1. The second kappa shape index (κ2) is 5.58. The van der Waals surface area contributed by atoms with Gasteiger partial charge in [-0.25, -0.2) is 0 Å². The highest BCUT2D eigenvalue weighted by molar-refractivity contribution is 4.76. The van der Waals surface area contributed by atoms with Gasteiger partial charge in [-0.1, -0.05) is 20.8 Å². The number of methoxy groups -OCH3 is 1. The summed E-state index contributed by atoms with van der Waals surface area (Å²) in [5.74, 6) is 0. The van der Waals surface area contributed by atoms with Gasteiger partial charge in [-0.2, -0.15) is 0 Å². The van der Waals surface area contributed by atoms with E-state index in [1.807, 2.05) is 6.92 Å². The van der Waals surface area contributed by atoms with Crippen LogP contribution in [0.4, 0.5) is 0 Å². The summed E-state index contributed by atoms with van der Waals surface area (Å²) in [4.78, 5) is 0. The monoisotopic (exact) mass is 189 g/mol. The molecule has 0 aromatic rings. The fourth-order valence-electron chi connectivity index (χ4n) is 0.801. The predicted octanol–water partition coefficient (Wildman–Crippen LogP) is 1.41. The van der Waals surface area contributed by atoms with Crippen LogP contribution in [0.25, 0.3) is 0 Å². The molecule has 0 bridgehead atoms. The summed E-state index contributed by atoms with van der Waals surface area (Å²) in [7, 11) is 1.67. The molecule has 0 saturated carbocycles. The molecule has 0 radical (unpaired) electrons. The largest absolute Gasteiger partial charge is 0.382 e. The Kier molecular flexibility index (Phi) is 5.53. The van der Waals surface area contributed by atoms with E-state index in [-0.39, 0.29) is 17.6 Å². The molecule has 0 amide bonds. The Hall–Kier alpha value is -0.120. The maximum absolute atomic E-state index is 5.93. The molecule has 0 rings (SSSR count). The number of ether oxygens (including phenoxy) is 2. The Labute approximate surface area is 81.6 Å². The van der Waals surface area contributed by atoms with Gasteiger partial charge >= 0.3 is 0 Å². The van der Waals surface area contributed by atoms with Crippen molar-refractivity contribution in [2.24, 2.45) is 11.1 Å². The van der Waals surface area contributed by atoms with Gasteiger partial charge in [-0.05, 0) is 12.3 Å². The van der Waals surface area contributed by atoms with E-state index in [2.05, 4.69) is 20.8 Å². The van der Waals surface area contributed by atoms with Crippen LogP contribution in [0.1, 0.15) is 27.7 Å². The Morgan fingerprint density at radius 3 is 2.15 bits per heavy atom. The van der Waals surface area contributed by atoms with Crippen molar-refractivity contribution in [2.75, 3.05) is 20.3 Å². The fourth-order valence-corrected chi connectivity index (χ4v) is 0.801. The molecule has 13 heavy (non-hydrogen) atoms. The van der Waals surface area contributed by atoms with Gasteiger partial charge in [0.25, 0.3) is 0 Å². The molecule has 0 aromatic carbocycles. The predicted molar refractivity (Wildman–Crippen MR) is 54.7 cm³/mol. The molecule has 0 saturated heterocycles. The first kappa shape index (κ1) is 12.9. The van der Waals surface area contributed by atoms with E-state index in [0.29, 0.717) is 13.2 Å². The van der Waals surface area contributed by atoms with Crippen LogP contribution in [-0.4, -0.2) is 32.5 Å². The highest BCUT2D eigenvalue weighted by atomic mass is 16.5. The minimum Gasteiger partial charge on any atom is -0.382 e. The molecule has 0 aliphatic carbocycles. The van der Waals surface area contributed by atoms with Crippen molar-refractivity contribution in [1.29, 1.82) is 0 Å². The minimum atomic E-state index is 0.0757. The van der Waals surface area contributed by atoms with Crippen molar-refractivity contribution in [3.8, 4) is 0 Å². The maximum atomic E-state index is 5.93. The van der Waals surface area contributed by atoms with Crippen LogP contribution in [-0.2, 0) is 9.47 Å². The summed E-state index contributed by atoms with van der Waals surface area (Å²) in [6.45, 7) is 9.54. The zero-order valence-electron chi connectivity index (χ0n) is 9.46. The summed E-state index contributed by atoms with van der Waals surface area (Å²) in [6.07, 6.45) is 0.124. The Morgan fingerprint density at radius 2 is 1.77 bits per heavy atom. The standard InChI is InChI=1S/C10H23NO2/c1-8(6-12-5)13-7-9(11)10(2,3)4/h8-9H,6-7,11H2,1-5H3. The van der Waals surface area contributed by atoms with Crippen molar-refractivity contribution in [2.45, 2.75) is 39.8 Å². The van der Waals surface area contributed by atoms with E-state index >= 15 is 0 Å². The molecule has 0 aliphatic rings.